The Bertz CT molecular complexity index is 1170. The molecule has 5 rings (SSSR count). The minimum Gasteiger partial charge on any atom is -0.467 e. The van der Waals surface area contributed by atoms with Gasteiger partial charge in [-0.1, -0.05) is 48.5 Å². The van der Waals surface area contributed by atoms with Crippen molar-refractivity contribution >= 4 is 18.0 Å². The Morgan fingerprint density at radius 3 is 2.22 bits per heavy atom. The number of alkyl halides is 3. The molecule has 0 aromatic heterocycles. The first-order chi connectivity index (χ1) is 17.7. The molecular formula is C26H25F3N2O6. The third kappa shape index (κ3) is 4.41. The lowest BCUT2D eigenvalue weighted by atomic mass is 9.98. The molecule has 2 aromatic carbocycles. The predicted octanol–water partition coefficient (Wildman–Crippen LogP) is 3.69. The van der Waals surface area contributed by atoms with Crippen molar-refractivity contribution in [2.24, 2.45) is 0 Å². The number of carbonyl (C=O) groups excluding carboxylic acids is 3. The van der Waals surface area contributed by atoms with E-state index in [1.807, 2.05) is 48.5 Å². The van der Waals surface area contributed by atoms with Crippen LogP contribution in [0.5, 0.6) is 0 Å². The third-order valence-electron chi connectivity index (χ3n) is 7.12. The van der Waals surface area contributed by atoms with Gasteiger partial charge in [-0.3, -0.25) is 14.6 Å². The highest BCUT2D eigenvalue weighted by Gasteiger charge is 2.57. The number of methoxy groups -OCH3 is 1. The minimum atomic E-state index is -4.92. The first-order valence-electron chi connectivity index (χ1n) is 11.9. The van der Waals surface area contributed by atoms with Crippen LogP contribution in [0.2, 0.25) is 0 Å². The van der Waals surface area contributed by atoms with Crippen molar-refractivity contribution in [3.05, 3.63) is 59.7 Å². The van der Waals surface area contributed by atoms with E-state index in [4.69, 9.17) is 9.47 Å². The predicted molar refractivity (Wildman–Crippen MR) is 123 cm³/mol. The van der Waals surface area contributed by atoms with Crippen LogP contribution in [0.15, 0.2) is 48.5 Å². The molecule has 2 heterocycles. The summed E-state index contributed by atoms with van der Waals surface area (Å²) in [5, 5.41) is 0. The highest BCUT2D eigenvalue weighted by Crippen LogP contribution is 2.44. The third-order valence-corrected chi connectivity index (χ3v) is 7.12. The highest BCUT2D eigenvalue weighted by atomic mass is 19.4. The zero-order valence-electron chi connectivity index (χ0n) is 19.9. The quantitative estimate of drug-likeness (QED) is 0.574. The average molecular weight is 518 g/mol. The maximum atomic E-state index is 13.6. The number of likely N-dealkylation sites (tertiary alicyclic amines) is 1. The Morgan fingerprint density at radius 1 is 1.00 bits per heavy atom. The maximum Gasteiger partial charge on any atom is 0.433 e. The normalized spacial score (nSPS) is 23.1. The molecule has 37 heavy (non-hydrogen) atoms. The molecule has 2 amide bonds. The van der Waals surface area contributed by atoms with E-state index in [-0.39, 0.29) is 25.5 Å². The number of ether oxygens (including phenoxy) is 3. The van der Waals surface area contributed by atoms with Crippen molar-refractivity contribution in [3.8, 4) is 11.1 Å². The summed E-state index contributed by atoms with van der Waals surface area (Å²) in [6.45, 7) is -0.505. The largest absolute Gasteiger partial charge is 0.467 e. The highest BCUT2D eigenvalue weighted by molar-refractivity contribution is 5.91. The summed E-state index contributed by atoms with van der Waals surface area (Å²) in [4.78, 5) is 40.0. The number of benzene rings is 2. The lowest BCUT2D eigenvalue weighted by molar-refractivity contribution is -0.240. The molecule has 2 aromatic rings. The average Bonchev–Trinajstić information content (AvgIpc) is 3.62. The number of esters is 1. The van der Waals surface area contributed by atoms with Crippen LogP contribution in [0, 0.1) is 0 Å². The molecule has 196 valence electrons. The van der Waals surface area contributed by atoms with Crippen LogP contribution in [0.3, 0.4) is 0 Å². The van der Waals surface area contributed by atoms with Gasteiger partial charge in [-0.25, -0.2) is 9.59 Å². The molecule has 8 nitrogen and oxygen atoms in total. The molecule has 0 spiro atoms. The molecule has 0 bridgehead atoms. The standard InChI is InChI=1S/C26H25F3N2O6/c1-35-23(33)21-14-36-24(26(27,28)29)31(21)22(32)20-11-6-12-30(20)25(34)37-13-19-17-9-4-2-7-15(17)16-8-3-5-10-18(16)19/h2-5,7-10,19-21,24H,6,11-14H2,1H3/t20-,21-,24+/m0/s1. The molecule has 11 heteroatoms. The van der Waals surface area contributed by atoms with Gasteiger partial charge in [0.2, 0.25) is 12.1 Å². The summed E-state index contributed by atoms with van der Waals surface area (Å²) in [7, 11) is 1.02. The number of amides is 2. The fourth-order valence-corrected chi connectivity index (χ4v) is 5.44. The van der Waals surface area contributed by atoms with E-state index in [1.54, 1.807) is 0 Å². The topological polar surface area (TPSA) is 85.4 Å². The molecule has 0 radical (unpaired) electrons. The fraction of sp³-hybridized carbons (Fsp3) is 0.423. The zero-order chi connectivity index (χ0) is 26.3. The molecule has 0 saturated carbocycles. The number of fused-ring (bicyclic) bond motifs is 3. The van der Waals surface area contributed by atoms with E-state index in [1.165, 1.54) is 0 Å². The van der Waals surface area contributed by atoms with Crippen molar-refractivity contribution < 1.29 is 41.8 Å². The van der Waals surface area contributed by atoms with Gasteiger partial charge in [0, 0.05) is 12.5 Å². The monoisotopic (exact) mass is 518 g/mol. The fourth-order valence-electron chi connectivity index (χ4n) is 5.44. The van der Waals surface area contributed by atoms with Crippen LogP contribution in [-0.4, -0.2) is 79.1 Å². The van der Waals surface area contributed by atoms with Gasteiger partial charge in [0.1, 0.15) is 12.6 Å². The SMILES string of the molecule is COC(=O)[C@@H]1CO[C@H](C(F)(F)F)N1C(=O)[C@@H]1CCCN1C(=O)OCC1c2ccccc2-c2ccccc21. The van der Waals surface area contributed by atoms with Gasteiger partial charge >= 0.3 is 18.2 Å². The van der Waals surface area contributed by atoms with Crippen molar-refractivity contribution in [1.29, 1.82) is 0 Å². The van der Waals surface area contributed by atoms with Gasteiger partial charge in [0.25, 0.3) is 0 Å². The van der Waals surface area contributed by atoms with Crippen LogP contribution in [0.25, 0.3) is 11.1 Å². The summed E-state index contributed by atoms with van der Waals surface area (Å²) in [5.74, 6) is -2.26. The molecule has 2 aliphatic heterocycles. The van der Waals surface area contributed by atoms with Gasteiger partial charge < -0.3 is 14.2 Å². The van der Waals surface area contributed by atoms with E-state index in [0.29, 0.717) is 11.3 Å². The summed E-state index contributed by atoms with van der Waals surface area (Å²) < 4.78 is 55.8. The molecule has 1 aliphatic carbocycles. The molecule has 0 unspecified atom stereocenters. The molecule has 2 saturated heterocycles. The van der Waals surface area contributed by atoms with Crippen LogP contribution < -0.4 is 0 Å². The molecular weight excluding hydrogens is 493 g/mol. The van der Waals surface area contributed by atoms with Gasteiger partial charge in [-0.2, -0.15) is 13.2 Å². The smallest absolute Gasteiger partial charge is 0.433 e. The summed E-state index contributed by atoms with van der Waals surface area (Å²) in [6, 6.07) is 12.8. The first-order valence-corrected chi connectivity index (χ1v) is 11.9. The van der Waals surface area contributed by atoms with E-state index >= 15 is 0 Å². The maximum absolute atomic E-state index is 13.6. The zero-order valence-corrected chi connectivity index (χ0v) is 19.9. The number of hydrogen-bond donors (Lipinski definition) is 0. The molecule has 0 N–H and O–H groups in total. The van der Waals surface area contributed by atoms with Crippen LogP contribution in [0.4, 0.5) is 18.0 Å². The van der Waals surface area contributed by atoms with Gasteiger partial charge in [0.15, 0.2) is 6.04 Å². The first kappa shape index (κ1) is 25.1. The Balaban J connectivity index is 1.33. The summed E-state index contributed by atoms with van der Waals surface area (Å²) >= 11 is 0. The molecule has 3 atom stereocenters. The Labute approximate surface area is 210 Å². The number of halogens is 3. The number of nitrogens with zero attached hydrogens (tertiary/aromatic N) is 2. The summed E-state index contributed by atoms with van der Waals surface area (Å²) in [5.41, 5.74) is 4.12. The van der Waals surface area contributed by atoms with Crippen molar-refractivity contribution in [1.82, 2.24) is 9.80 Å². The minimum absolute atomic E-state index is 0.00700. The van der Waals surface area contributed by atoms with Crippen LogP contribution >= 0.6 is 0 Å². The van der Waals surface area contributed by atoms with Crippen molar-refractivity contribution in [2.75, 3.05) is 26.9 Å². The van der Waals surface area contributed by atoms with E-state index in [9.17, 15) is 27.6 Å². The van der Waals surface area contributed by atoms with E-state index in [2.05, 4.69) is 4.74 Å². The van der Waals surface area contributed by atoms with Crippen molar-refractivity contribution in [3.63, 3.8) is 0 Å². The second kappa shape index (κ2) is 9.70. The Kier molecular flexibility index (Phi) is 6.57. The Hall–Kier alpha value is -3.60. The van der Waals surface area contributed by atoms with E-state index in [0.717, 1.165) is 34.3 Å². The number of rotatable bonds is 4. The van der Waals surface area contributed by atoms with Gasteiger partial charge in [-0.15, -0.1) is 0 Å². The number of hydrogen-bond acceptors (Lipinski definition) is 6. The van der Waals surface area contributed by atoms with Gasteiger partial charge in [-0.05, 0) is 35.1 Å². The van der Waals surface area contributed by atoms with Gasteiger partial charge in [0.05, 0.1) is 13.7 Å². The lowest BCUT2D eigenvalue weighted by Gasteiger charge is -2.33. The number of carbonyl (C=O) groups is 3. The van der Waals surface area contributed by atoms with Crippen LogP contribution in [-0.2, 0) is 23.8 Å². The lowest BCUT2D eigenvalue weighted by Crippen LogP contribution is -2.57. The van der Waals surface area contributed by atoms with E-state index < -0.39 is 49.1 Å². The second-order valence-corrected chi connectivity index (χ2v) is 9.17. The van der Waals surface area contributed by atoms with Crippen molar-refractivity contribution in [2.45, 2.75) is 43.2 Å². The Morgan fingerprint density at radius 2 is 1.62 bits per heavy atom. The molecule has 2 fully saturated rings. The second-order valence-electron chi connectivity index (χ2n) is 9.17. The molecule has 3 aliphatic rings. The summed E-state index contributed by atoms with van der Waals surface area (Å²) in [6.07, 6.45) is -7.79. The van der Waals surface area contributed by atoms with Crippen LogP contribution in [0.1, 0.15) is 29.9 Å².